The number of nitrogens with two attached hydrogens (primary N) is 1. The van der Waals surface area contributed by atoms with Crippen molar-refractivity contribution in [2.45, 2.75) is 51.9 Å². The van der Waals surface area contributed by atoms with Gasteiger partial charge in [-0.15, -0.1) is 0 Å². The second-order valence-corrected chi connectivity index (χ2v) is 8.00. The lowest BCUT2D eigenvalue weighted by atomic mass is 9.65. The predicted molar refractivity (Wildman–Crippen MR) is 114 cm³/mol. The van der Waals surface area contributed by atoms with Crippen LogP contribution in [0, 0.1) is 18.7 Å². The quantitative estimate of drug-likeness (QED) is 0.459. The smallest absolute Gasteiger partial charge is 0.123 e. The highest BCUT2D eigenvalue weighted by Gasteiger charge is 2.34. The van der Waals surface area contributed by atoms with Crippen molar-refractivity contribution in [2.75, 3.05) is 5.73 Å². The predicted octanol–water partition coefficient (Wildman–Crippen LogP) is 6.80. The topological polar surface area (TPSA) is 26.0 Å². The zero-order valence-electron chi connectivity index (χ0n) is 16.7. The monoisotopic (exact) mass is 363 g/mol. The largest absolute Gasteiger partial charge is 0.398 e. The zero-order valence-corrected chi connectivity index (χ0v) is 16.7. The Bertz CT molecular complexity index is 839. The van der Waals surface area contributed by atoms with Crippen LogP contribution in [0.25, 0.3) is 5.57 Å². The van der Waals surface area contributed by atoms with E-state index in [-0.39, 0.29) is 11.2 Å². The summed E-state index contributed by atoms with van der Waals surface area (Å²) in [6.07, 6.45) is 9.22. The molecule has 1 aliphatic rings. The molecule has 0 amide bonds. The molecule has 2 atom stereocenters. The van der Waals surface area contributed by atoms with Crippen LogP contribution in [0.3, 0.4) is 0 Å². The summed E-state index contributed by atoms with van der Waals surface area (Å²) >= 11 is 0. The second-order valence-electron chi connectivity index (χ2n) is 8.00. The van der Waals surface area contributed by atoms with Gasteiger partial charge in [-0.3, -0.25) is 0 Å². The highest BCUT2D eigenvalue weighted by molar-refractivity contribution is 5.86. The highest BCUT2D eigenvalue weighted by Crippen LogP contribution is 2.44. The molecule has 27 heavy (non-hydrogen) atoms. The number of benzene rings is 2. The van der Waals surface area contributed by atoms with Crippen LogP contribution in [-0.2, 0) is 5.41 Å². The maximum absolute atomic E-state index is 13.3. The Labute approximate surface area is 162 Å². The number of allylic oxidation sites excluding steroid dienone is 2. The van der Waals surface area contributed by atoms with Crippen LogP contribution in [0.4, 0.5) is 10.1 Å². The summed E-state index contributed by atoms with van der Waals surface area (Å²) in [6.45, 7) is 11.0. The summed E-state index contributed by atoms with van der Waals surface area (Å²) in [5.74, 6) is 0.393. The third-order valence-electron chi connectivity index (χ3n) is 6.42. The van der Waals surface area contributed by atoms with Gasteiger partial charge in [-0.25, -0.2) is 4.39 Å². The average Bonchev–Trinajstić information content (AvgIpc) is 2.67. The minimum Gasteiger partial charge on any atom is -0.398 e. The minimum atomic E-state index is -0.244. The van der Waals surface area contributed by atoms with Gasteiger partial charge in [0, 0.05) is 11.3 Å². The standard InChI is InChI=1S/C25H30FN/c1-5-25(4,20-9-7-6-8-10-20)21-15-17(2)24(23(27)16-21)18(3)19-11-13-22(26)14-12-19/h6-7,11-16,20H,3,5,8-10,27H2,1-2,4H3/t20?,25-/m1/s1. The Balaban J connectivity index is 2.00. The summed E-state index contributed by atoms with van der Waals surface area (Å²) < 4.78 is 13.3. The van der Waals surface area contributed by atoms with Gasteiger partial charge in [0.2, 0.25) is 0 Å². The van der Waals surface area contributed by atoms with Gasteiger partial charge in [0.25, 0.3) is 0 Å². The van der Waals surface area contributed by atoms with Crippen LogP contribution in [0.15, 0.2) is 55.1 Å². The molecule has 1 nitrogen and oxygen atoms in total. The highest BCUT2D eigenvalue weighted by atomic mass is 19.1. The number of nitrogen functional groups attached to an aromatic ring is 1. The molecular weight excluding hydrogens is 333 g/mol. The Morgan fingerprint density at radius 1 is 1.22 bits per heavy atom. The molecule has 0 aromatic heterocycles. The van der Waals surface area contributed by atoms with Crippen molar-refractivity contribution >= 4 is 11.3 Å². The molecule has 142 valence electrons. The first kappa shape index (κ1) is 19.4. The average molecular weight is 364 g/mol. The van der Waals surface area contributed by atoms with Gasteiger partial charge in [0.05, 0.1) is 0 Å². The van der Waals surface area contributed by atoms with Crippen molar-refractivity contribution in [3.8, 4) is 0 Å². The van der Waals surface area contributed by atoms with Crippen molar-refractivity contribution in [3.63, 3.8) is 0 Å². The number of hydrogen-bond donors (Lipinski definition) is 1. The Morgan fingerprint density at radius 3 is 2.48 bits per heavy atom. The van der Waals surface area contributed by atoms with E-state index in [0.717, 1.165) is 47.2 Å². The number of hydrogen-bond acceptors (Lipinski definition) is 1. The lowest BCUT2D eigenvalue weighted by Crippen LogP contribution is -2.32. The van der Waals surface area contributed by atoms with Crippen LogP contribution >= 0.6 is 0 Å². The van der Waals surface area contributed by atoms with E-state index >= 15 is 0 Å². The molecular formula is C25H30FN. The number of rotatable bonds is 5. The molecule has 0 aliphatic heterocycles. The summed E-state index contributed by atoms with van der Waals surface area (Å²) in [5.41, 5.74) is 12.5. The molecule has 2 aromatic rings. The Hall–Kier alpha value is -2.35. The molecule has 3 rings (SSSR count). The first-order valence-corrected chi connectivity index (χ1v) is 9.87. The molecule has 0 heterocycles. The van der Waals surface area contributed by atoms with Gasteiger partial charge in [-0.1, -0.05) is 50.8 Å². The van der Waals surface area contributed by atoms with Crippen LogP contribution in [-0.4, -0.2) is 0 Å². The molecule has 0 saturated heterocycles. The van der Waals surface area contributed by atoms with Gasteiger partial charge >= 0.3 is 0 Å². The molecule has 0 spiro atoms. The normalized spacial score (nSPS) is 18.9. The van der Waals surface area contributed by atoms with Crippen LogP contribution in [0.5, 0.6) is 0 Å². The SMILES string of the molecule is C=C(c1ccc(F)cc1)c1c(C)cc([C@](C)(CC)C2CC=CCC2)cc1N. The fourth-order valence-corrected chi connectivity index (χ4v) is 4.45. The molecule has 0 fully saturated rings. The fourth-order valence-electron chi connectivity index (χ4n) is 4.45. The van der Waals surface area contributed by atoms with Crippen LogP contribution in [0.2, 0.25) is 0 Å². The number of aryl methyl sites for hydroxylation is 1. The van der Waals surface area contributed by atoms with E-state index in [4.69, 9.17) is 5.73 Å². The molecule has 2 heteroatoms. The minimum absolute atomic E-state index is 0.110. The van der Waals surface area contributed by atoms with E-state index < -0.39 is 0 Å². The number of halogens is 1. The summed E-state index contributed by atoms with van der Waals surface area (Å²) in [6, 6.07) is 10.9. The summed E-state index contributed by atoms with van der Waals surface area (Å²) in [7, 11) is 0. The summed E-state index contributed by atoms with van der Waals surface area (Å²) in [5, 5.41) is 0. The first-order valence-electron chi connectivity index (χ1n) is 9.87. The van der Waals surface area contributed by atoms with E-state index in [9.17, 15) is 4.39 Å². The van der Waals surface area contributed by atoms with Gasteiger partial charge in [-0.05, 0) is 84.4 Å². The van der Waals surface area contributed by atoms with Crippen LogP contribution in [0.1, 0.15) is 61.8 Å². The first-order chi connectivity index (χ1) is 12.9. The van der Waals surface area contributed by atoms with E-state index in [1.165, 1.54) is 24.1 Å². The van der Waals surface area contributed by atoms with Gasteiger partial charge in [0.15, 0.2) is 0 Å². The third-order valence-corrected chi connectivity index (χ3v) is 6.42. The maximum atomic E-state index is 13.3. The van der Waals surface area contributed by atoms with Gasteiger partial charge in [-0.2, -0.15) is 0 Å². The van der Waals surface area contributed by atoms with Crippen molar-refractivity contribution in [1.29, 1.82) is 0 Å². The van der Waals surface area contributed by atoms with Crippen LogP contribution < -0.4 is 5.73 Å². The van der Waals surface area contributed by atoms with Gasteiger partial charge < -0.3 is 5.73 Å². The lowest BCUT2D eigenvalue weighted by molar-refractivity contribution is 0.261. The van der Waals surface area contributed by atoms with Crippen molar-refractivity contribution in [2.24, 2.45) is 5.92 Å². The van der Waals surface area contributed by atoms with Crippen molar-refractivity contribution in [3.05, 3.63) is 83.2 Å². The maximum Gasteiger partial charge on any atom is 0.123 e. The lowest BCUT2D eigenvalue weighted by Gasteiger charge is -2.39. The molecule has 0 bridgehead atoms. The van der Waals surface area contributed by atoms with E-state index in [1.54, 1.807) is 12.1 Å². The molecule has 2 N–H and O–H groups in total. The van der Waals surface area contributed by atoms with E-state index in [1.807, 2.05) is 0 Å². The molecule has 1 unspecified atom stereocenters. The molecule has 2 aromatic carbocycles. The van der Waals surface area contributed by atoms with E-state index in [0.29, 0.717) is 5.92 Å². The molecule has 0 saturated carbocycles. The van der Waals surface area contributed by atoms with Gasteiger partial charge in [0.1, 0.15) is 5.82 Å². The van der Waals surface area contributed by atoms with Crippen molar-refractivity contribution in [1.82, 2.24) is 0 Å². The zero-order chi connectivity index (χ0) is 19.6. The Kier molecular flexibility index (Phi) is 5.55. The number of anilines is 1. The summed E-state index contributed by atoms with van der Waals surface area (Å²) in [4.78, 5) is 0. The fraction of sp³-hybridized carbons (Fsp3) is 0.360. The van der Waals surface area contributed by atoms with Crippen molar-refractivity contribution < 1.29 is 4.39 Å². The third kappa shape index (κ3) is 3.71. The second kappa shape index (κ2) is 7.72. The van der Waals surface area contributed by atoms with E-state index in [2.05, 4.69) is 51.6 Å². The molecule has 0 radical (unpaired) electrons. The Morgan fingerprint density at radius 2 is 1.93 bits per heavy atom. The molecule has 1 aliphatic carbocycles.